The van der Waals surface area contributed by atoms with Gasteiger partial charge in [-0.05, 0) is 55.0 Å². The van der Waals surface area contributed by atoms with Crippen LogP contribution in [-0.4, -0.2) is 20.1 Å². The second-order valence-corrected chi connectivity index (χ2v) is 6.66. The zero-order valence-corrected chi connectivity index (χ0v) is 16.9. The number of nitrogens with one attached hydrogen (secondary N) is 1. The molecule has 0 spiro atoms. The van der Waals surface area contributed by atoms with Gasteiger partial charge in [-0.3, -0.25) is 4.79 Å². The van der Waals surface area contributed by atoms with Crippen molar-refractivity contribution >= 4 is 5.91 Å². The maximum absolute atomic E-state index is 12.6. The van der Waals surface area contributed by atoms with Crippen molar-refractivity contribution in [1.82, 2.24) is 5.32 Å². The Morgan fingerprint density at radius 3 is 2.21 bits per heavy atom. The lowest BCUT2D eigenvalue weighted by Gasteiger charge is -2.13. The van der Waals surface area contributed by atoms with Crippen molar-refractivity contribution in [2.45, 2.75) is 20.1 Å². The molecule has 5 nitrogen and oxygen atoms in total. The van der Waals surface area contributed by atoms with Crippen LogP contribution in [0.5, 0.6) is 17.2 Å². The van der Waals surface area contributed by atoms with Crippen LogP contribution >= 0.6 is 0 Å². The molecule has 3 aromatic rings. The molecule has 0 radical (unpaired) electrons. The minimum Gasteiger partial charge on any atom is -0.497 e. The maximum Gasteiger partial charge on any atom is 0.251 e. The molecule has 5 heteroatoms. The molecule has 0 atom stereocenters. The number of carbonyl (C=O) groups excluding carboxylic acids is 1. The van der Waals surface area contributed by atoms with Gasteiger partial charge in [-0.2, -0.15) is 0 Å². The Bertz CT molecular complexity index is 950. The molecule has 0 unspecified atom stereocenters. The van der Waals surface area contributed by atoms with Gasteiger partial charge in [0.1, 0.15) is 23.9 Å². The zero-order chi connectivity index (χ0) is 20.6. The van der Waals surface area contributed by atoms with Crippen LogP contribution in [0.1, 0.15) is 27.0 Å². The minimum atomic E-state index is -0.140. The number of hydrogen-bond donors (Lipinski definition) is 1. The lowest BCUT2D eigenvalue weighted by atomic mass is 10.1. The van der Waals surface area contributed by atoms with Crippen LogP contribution in [0.15, 0.2) is 66.7 Å². The van der Waals surface area contributed by atoms with Gasteiger partial charge in [0, 0.05) is 17.7 Å². The smallest absolute Gasteiger partial charge is 0.251 e. The molecule has 150 valence electrons. The Hall–Kier alpha value is -3.47. The fourth-order valence-corrected chi connectivity index (χ4v) is 2.86. The van der Waals surface area contributed by atoms with Crippen molar-refractivity contribution in [3.63, 3.8) is 0 Å². The summed E-state index contributed by atoms with van der Waals surface area (Å²) in [6.45, 7) is 2.80. The van der Waals surface area contributed by atoms with Gasteiger partial charge < -0.3 is 19.5 Å². The molecule has 0 aliphatic heterocycles. The Morgan fingerprint density at radius 2 is 1.55 bits per heavy atom. The predicted octanol–water partition coefficient (Wildman–Crippen LogP) is 4.52. The third kappa shape index (κ3) is 5.51. The monoisotopic (exact) mass is 391 g/mol. The summed E-state index contributed by atoms with van der Waals surface area (Å²) in [5.41, 5.74) is 3.61. The molecule has 0 aromatic heterocycles. The quantitative estimate of drug-likeness (QED) is 0.613. The Kier molecular flexibility index (Phi) is 6.74. The predicted molar refractivity (Wildman–Crippen MR) is 113 cm³/mol. The number of rotatable bonds is 8. The number of carbonyl (C=O) groups is 1. The molecule has 0 saturated carbocycles. The number of benzene rings is 3. The molecule has 3 aromatic carbocycles. The molecule has 1 amide bonds. The molecule has 29 heavy (non-hydrogen) atoms. The van der Waals surface area contributed by atoms with Crippen molar-refractivity contribution < 1.29 is 19.0 Å². The van der Waals surface area contributed by atoms with E-state index in [1.165, 1.54) is 5.56 Å². The van der Waals surface area contributed by atoms with E-state index in [9.17, 15) is 4.79 Å². The molecule has 0 fully saturated rings. The van der Waals surface area contributed by atoms with Gasteiger partial charge in [-0.15, -0.1) is 0 Å². The molecular formula is C24H25NO4. The lowest BCUT2D eigenvalue weighted by Crippen LogP contribution is -2.23. The summed E-state index contributed by atoms with van der Waals surface area (Å²) in [4.78, 5) is 12.6. The van der Waals surface area contributed by atoms with Crippen molar-refractivity contribution in [3.05, 3.63) is 89.0 Å². The van der Waals surface area contributed by atoms with Crippen LogP contribution in [-0.2, 0) is 13.2 Å². The van der Waals surface area contributed by atoms with E-state index in [0.717, 1.165) is 16.9 Å². The van der Waals surface area contributed by atoms with Crippen LogP contribution in [0.4, 0.5) is 0 Å². The van der Waals surface area contributed by atoms with Crippen LogP contribution in [0.2, 0.25) is 0 Å². The highest BCUT2D eigenvalue weighted by Crippen LogP contribution is 2.23. The molecule has 0 saturated heterocycles. The van der Waals surface area contributed by atoms with E-state index in [0.29, 0.717) is 23.6 Å². The third-order valence-corrected chi connectivity index (χ3v) is 4.57. The van der Waals surface area contributed by atoms with Crippen LogP contribution < -0.4 is 19.5 Å². The van der Waals surface area contributed by atoms with Gasteiger partial charge in [0.15, 0.2) is 0 Å². The van der Waals surface area contributed by atoms with Crippen LogP contribution in [0.25, 0.3) is 0 Å². The van der Waals surface area contributed by atoms with Crippen molar-refractivity contribution in [3.8, 4) is 17.2 Å². The highest BCUT2D eigenvalue weighted by Gasteiger charge is 2.11. The van der Waals surface area contributed by atoms with Gasteiger partial charge >= 0.3 is 0 Å². The number of amides is 1. The second kappa shape index (κ2) is 9.64. The summed E-state index contributed by atoms with van der Waals surface area (Å²) < 4.78 is 16.4. The Morgan fingerprint density at radius 1 is 0.862 bits per heavy atom. The van der Waals surface area contributed by atoms with Gasteiger partial charge in [-0.1, -0.05) is 29.8 Å². The van der Waals surface area contributed by atoms with E-state index < -0.39 is 0 Å². The zero-order valence-electron chi connectivity index (χ0n) is 16.9. The molecule has 0 bridgehead atoms. The summed E-state index contributed by atoms with van der Waals surface area (Å²) in [5, 5.41) is 2.95. The summed E-state index contributed by atoms with van der Waals surface area (Å²) in [5.74, 6) is 2.01. The van der Waals surface area contributed by atoms with Gasteiger partial charge in [0.2, 0.25) is 0 Å². The highest BCUT2D eigenvalue weighted by atomic mass is 16.5. The average molecular weight is 391 g/mol. The minimum absolute atomic E-state index is 0.140. The fraction of sp³-hybridized carbons (Fsp3) is 0.208. The largest absolute Gasteiger partial charge is 0.497 e. The lowest BCUT2D eigenvalue weighted by molar-refractivity contribution is 0.0950. The first kappa shape index (κ1) is 20.3. The third-order valence-electron chi connectivity index (χ3n) is 4.57. The molecule has 0 aliphatic carbocycles. The van der Waals surface area contributed by atoms with E-state index >= 15 is 0 Å². The van der Waals surface area contributed by atoms with E-state index in [2.05, 4.69) is 5.32 Å². The topological polar surface area (TPSA) is 56.8 Å². The normalized spacial score (nSPS) is 10.3. The number of hydrogen-bond acceptors (Lipinski definition) is 4. The van der Waals surface area contributed by atoms with E-state index in [1.54, 1.807) is 32.4 Å². The maximum atomic E-state index is 12.6. The van der Waals surface area contributed by atoms with Gasteiger partial charge in [-0.25, -0.2) is 0 Å². The van der Waals surface area contributed by atoms with Crippen LogP contribution in [0.3, 0.4) is 0 Å². The first-order valence-electron chi connectivity index (χ1n) is 9.36. The summed E-state index contributed by atoms with van der Waals surface area (Å²) in [6, 6.07) is 20.8. The number of methoxy groups -OCH3 is 2. The average Bonchev–Trinajstić information content (AvgIpc) is 2.77. The van der Waals surface area contributed by atoms with E-state index in [-0.39, 0.29) is 12.5 Å². The first-order valence-corrected chi connectivity index (χ1v) is 9.36. The first-order chi connectivity index (χ1) is 14.1. The summed E-state index contributed by atoms with van der Waals surface area (Å²) in [7, 11) is 3.22. The second-order valence-electron chi connectivity index (χ2n) is 6.66. The van der Waals surface area contributed by atoms with Crippen LogP contribution in [0, 0.1) is 6.92 Å². The van der Waals surface area contributed by atoms with Gasteiger partial charge in [0.25, 0.3) is 5.91 Å². The molecule has 3 rings (SSSR count). The van der Waals surface area contributed by atoms with Crippen molar-refractivity contribution in [1.29, 1.82) is 0 Å². The molecule has 0 aliphatic rings. The van der Waals surface area contributed by atoms with Crippen molar-refractivity contribution in [2.75, 3.05) is 14.2 Å². The SMILES string of the molecule is COc1ccc(OCc2cc(C(=O)NCc3ccc(C)cc3)ccc2OC)cc1. The van der Waals surface area contributed by atoms with E-state index in [1.807, 2.05) is 55.5 Å². The Balaban J connectivity index is 1.66. The molecular weight excluding hydrogens is 366 g/mol. The molecule has 0 heterocycles. The standard InChI is InChI=1S/C24H25NO4/c1-17-4-6-18(7-5-17)15-25-24(26)19-8-13-23(28-3)20(14-19)16-29-22-11-9-21(27-2)10-12-22/h4-14H,15-16H2,1-3H3,(H,25,26). The molecule has 1 N–H and O–H groups in total. The number of ether oxygens (including phenoxy) is 3. The van der Waals surface area contributed by atoms with E-state index in [4.69, 9.17) is 14.2 Å². The van der Waals surface area contributed by atoms with Crippen molar-refractivity contribution in [2.24, 2.45) is 0 Å². The van der Waals surface area contributed by atoms with Gasteiger partial charge in [0.05, 0.1) is 14.2 Å². The Labute approximate surface area is 171 Å². The number of aryl methyl sites for hydroxylation is 1. The highest BCUT2D eigenvalue weighted by molar-refractivity contribution is 5.94. The fourth-order valence-electron chi connectivity index (χ4n) is 2.86. The summed E-state index contributed by atoms with van der Waals surface area (Å²) >= 11 is 0. The summed E-state index contributed by atoms with van der Waals surface area (Å²) in [6.07, 6.45) is 0.